The lowest BCUT2D eigenvalue weighted by Crippen LogP contribution is -2.54. The van der Waals surface area contributed by atoms with E-state index in [1.807, 2.05) is 0 Å². The minimum atomic E-state index is -4.46. The first kappa shape index (κ1) is 20.3. The van der Waals surface area contributed by atoms with Crippen LogP contribution < -0.4 is 16.0 Å². The molecule has 1 heterocycles. The van der Waals surface area contributed by atoms with Gasteiger partial charge in [0, 0.05) is 13.0 Å². The minimum Gasteiger partial charge on any atom is -0.481 e. The molecule has 0 aromatic rings. The van der Waals surface area contributed by atoms with Gasteiger partial charge in [0.05, 0.1) is 6.04 Å². The van der Waals surface area contributed by atoms with E-state index in [1.165, 1.54) is 0 Å². The van der Waals surface area contributed by atoms with E-state index >= 15 is 0 Å². The Morgan fingerprint density at radius 3 is 2.50 bits per heavy atom. The molecule has 0 aromatic carbocycles. The number of carbonyl (C=O) groups is 3. The van der Waals surface area contributed by atoms with Crippen molar-refractivity contribution in [1.29, 1.82) is 0 Å². The van der Waals surface area contributed by atoms with Gasteiger partial charge in [-0.05, 0) is 32.2 Å². The molecule has 0 aromatic heterocycles. The highest BCUT2D eigenvalue weighted by atomic mass is 32.2. The number of hydrogen-bond donors (Lipinski definition) is 5. The van der Waals surface area contributed by atoms with Gasteiger partial charge in [0.25, 0.3) is 10.1 Å². The molecule has 1 fully saturated rings. The zero-order valence-electron chi connectivity index (χ0n) is 13.2. The van der Waals surface area contributed by atoms with Gasteiger partial charge < -0.3 is 21.1 Å². The number of unbranched alkanes of at least 4 members (excludes halogenated alkanes) is 1. The van der Waals surface area contributed by atoms with Crippen molar-refractivity contribution in [3.63, 3.8) is 0 Å². The Morgan fingerprint density at radius 2 is 1.96 bits per heavy atom. The molecule has 1 aliphatic heterocycles. The van der Waals surface area contributed by atoms with E-state index in [0.29, 0.717) is 25.8 Å². The van der Waals surface area contributed by atoms with E-state index < -0.39 is 45.7 Å². The number of nitrogens with one attached hydrogen (secondary N) is 3. The zero-order chi connectivity index (χ0) is 18.2. The van der Waals surface area contributed by atoms with Crippen LogP contribution in [0.5, 0.6) is 0 Å². The van der Waals surface area contributed by atoms with E-state index in [-0.39, 0.29) is 13.0 Å². The molecule has 0 spiro atoms. The summed E-state index contributed by atoms with van der Waals surface area (Å²) in [6, 6.07) is -1.90. The van der Waals surface area contributed by atoms with Gasteiger partial charge in [-0.3, -0.25) is 18.9 Å². The van der Waals surface area contributed by atoms with Gasteiger partial charge in [-0.25, -0.2) is 0 Å². The van der Waals surface area contributed by atoms with Crippen molar-refractivity contribution in [2.24, 2.45) is 0 Å². The number of aliphatic carboxylic acids is 1. The molecule has 0 aliphatic carbocycles. The molecule has 1 saturated heterocycles. The molecule has 0 saturated carbocycles. The van der Waals surface area contributed by atoms with Gasteiger partial charge in [0.1, 0.15) is 11.8 Å². The van der Waals surface area contributed by atoms with Crippen molar-refractivity contribution in [2.75, 3.05) is 18.8 Å². The smallest absolute Gasteiger partial charge is 0.303 e. The number of carbonyl (C=O) groups excluding carboxylic acids is 2. The van der Waals surface area contributed by atoms with Gasteiger partial charge >= 0.3 is 5.97 Å². The van der Waals surface area contributed by atoms with Crippen LogP contribution >= 0.6 is 0 Å². The van der Waals surface area contributed by atoms with Gasteiger partial charge in [-0.1, -0.05) is 0 Å². The normalized spacial score (nSPS) is 18.8. The lowest BCUT2D eigenvalue weighted by molar-refractivity contribution is -0.137. The highest BCUT2D eigenvalue weighted by Crippen LogP contribution is 2.05. The van der Waals surface area contributed by atoms with Crippen LogP contribution in [0.3, 0.4) is 0 Å². The second-order valence-electron chi connectivity index (χ2n) is 5.60. The average molecular weight is 365 g/mol. The predicted molar refractivity (Wildman–Crippen MR) is 83.9 cm³/mol. The molecule has 11 heteroatoms. The van der Waals surface area contributed by atoms with Crippen LogP contribution in [0.1, 0.15) is 32.1 Å². The highest BCUT2D eigenvalue weighted by Gasteiger charge is 2.30. The Bertz CT molecular complexity index is 558. The monoisotopic (exact) mass is 365 g/mol. The summed E-state index contributed by atoms with van der Waals surface area (Å²) in [4.78, 5) is 34.4. The molecule has 5 N–H and O–H groups in total. The molecule has 0 radical (unpaired) electrons. The van der Waals surface area contributed by atoms with Crippen molar-refractivity contribution in [3.8, 4) is 0 Å². The fourth-order valence-corrected chi connectivity index (χ4v) is 2.97. The summed E-state index contributed by atoms with van der Waals surface area (Å²) in [5, 5.41) is 16.2. The molecule has 2 atom stereocenters. The third kappa shape index (κ3) is 8.22. The highest BCUT2D eigenvalue weighted by molar-refractivity contribution is 7.85. The van der Waals surface area contributed by atoms with Crippen LogP contribution in [0, 0.1) is 0 Å². The van der Waals surface area contributed by atoms with E-state index in [9.17, 15) is 22.8 Å². The first-order valence-corrected chi connectivity index (χ1v) is 9.28. The van der Waals surface area contributed by atoms with Gasteiger partial charge in [0.15, 0.2) is 0 Å². The van der Waals surface area contributed by atoms with Gasteiger partial charge in [-0.2, -0.15) is 8.42 Å². The second-order valence-corrected chi connectivity index (χ2v) is 7.10. The molecular weight excluding hydrogens is 342 g/mol. The van der Waals surface area contributed by atoms with Gasteiger partial charge in [-0.15, -0.1) is 0 Å². The quantitative estimate of drug-likeness (QED) is 0.230. The van der Waals surface area contributed by atoms with Gasteiger partial charge in [0.2, 0.25) is 11.8 Å². The molecule has 10 nitrogen and oxygen atoms in total. The summed E-state index contributed by atoms with van der Waals surface area (Å²) in [6.07, 6.45) is 2.11. The molecule has 0 bridgehead atoms. The van der Waals surface area contributed by atoms with Crippen molar-refractivity contribution in [3.05, 3.63) is 0 Å². The molecule has 1 rings (SSSR count). The standard InChI is InChI=1S/C13H23N3O7S/c17-11(18)5-1-2-6-15-12(19)10(8-24(21,22)23)16-13(20)9-4-3-7-14-9/h9-10,14H,1-8H2,(H,15,19)(H,16,20)(H,17,18)(H,21,22,23). The molecular formula is C13H23N3O7S. The molecule has 2 unspecified atom stereocenters. The number of amides is 2. The fourth-order valence-electron chi connectivity index (χ4n) is 2.31. The predicted octanol–water partition coefficient (Wildman–Crippen LogP) is -1.52. The minimum absolute atomic E-state index is 0.0333. The van der Waals surface area contributed by atoms with Crippen molar-refractivity contribution < 1.29 is 32.5 Å². The Kier molecular flexibility index (Phi) is 8.08. The van der Waals surface area contributed by atoms with Crippen LogP contribution in [0.25, 0.3) is 0 Å². The second kappa shape index (κ2) is 9.55. The number of hydrogen-bond acceptors (Lipinski definition) is 6. The summed E-state index contributed by atoms with van der Waals surface area (Å²) < 4.78 is 31.0. The number of carboxylic acid groups (broad SMARTS) is 1. The largest absolute Gasteiger partial charge is 0.481 e. The average Bonchev–Trinajstić information content (AvgIpc) is 2.98. The van der Waals surface area contributed by atoms with Crippen LogP contribution in [-0.2, 0) is 24.5 Å². The number of carboxylic acids is 1. The third-order valence-electron chi connectivity index (χ3n) is 3.50. The SMILES string of the molecule is O=C(O)CCCCNC(=O)C(CS(=O)(=O)O)NC(=O)C1CCCN1. The lowest BCUT2D eigenvalue weighted by Gasteiger charge is -2.19. The first-order valence-electron chi connectivity index (χ1n) is 7.67. The van der Waals surface area contributed by atoms with E-state index in [2.05, 4.69) is 16.0 Å². The first-order chi connectivity index (χ1) is 11.2. The van der Waals surface area contributed by atoms with Crippen LogP contribution in [0.15, 0.2) is 0 Å². The summed E-state index contributed by atoms with van der Waals surface area (Å²) in [7, 11) is -4.46. The Labute approximate surface area is 140 Å². The van der Waals surface area contributed by atoms with E-state index in [0.717, 1.165) is 6.42 Å². The third-order valence-corrected chi connectivity index (χ3v) is 4.26. The maximum atomic E-state index is 12.0. The molecule has 138 valence electrons. The van der Waals surface area contributed by atoms with Crippen LogP contribution in [0.4, 0.5) is 0 Å². The Morgan fingerprint density at radius 1 is 1.25 bits per heavy atom. The van der Waals surface area contributed by atoms with Crippen LogP contribution in [-0.4, -0.2) is 66.8 Å². The summed E-state index contributed by atoms with van der Waals surface area (Å²) in [5.41, 5.74) is 0. The molecule has 24 heavy (non-hydrogen) atoms. The van der Waals surface area contributed by atoms with E-state index in [4.69, 9.17) is 9.66 Å². The molecule has 1 aliphatic rings. The van der Waals surface area contributed by atoms with Crippen molar-refractivity contribution >= 4 is 27.9 Å². The van der Waals surface area contributed by atoms with Crippen molar-refractivity contribution in [2.45, 2.75) is 44.2 Å². The topological polar surface area (TPSA) is 162 Å². The maximum absolute atomic E-state index is 12.0. The van der Waals surface area contributed by atoms with E-state index in [1.54, 1.807) is 0 Å². The fraction of sp³-hybridized carbons (Fsp3) is 0.769. The number of rotatable bonds is 10. The summed E-state index contributed by atoms with van der Waals surface area (Å²) >= 11 is 0. The summed E-state index contributed by atoms with van der Waals surface area (Å²) in [6.45, 7) is 0.808. The maximum Gasteiger partial charge on any atom is 0.303 e. The zero-order valence-corrected chi connectivity index (χ0v) is 14.0. The Hall–Kier alpha value is -1.72. The lowest BCUT2D eigenvalue weighted by atomic mass is 10.2. The van der Waals surface area contributed by atoms with Crippen LogP contribution in [0.2, 0.25) is 0 Å². The molecule has 2 amide bonds. The van der Waals surface area contributed by atoms with Crippen molar-refractivity contribution in [1.82, 2.24) is 16.0 Å². The Balaban J connectivity index is 2.52. The summed E-state index contributed by atoms with van der Waals surface area (Å²) in [5.74, 6) is -3.11.